The summed E-state index contributed by atoms with van der Waals surface area (Å²) in [7, 11) is -0.334. The highest BCUT2D eigenvalue weighted by atomic mass is 35.5. The Morgan fingerprint density at radius 3 is 2.29 bits per heavy atom. The molecule has 0 bridgehead atoms. The van der Waals surface area contributed by atoms with E-state index in [1.807, 2.05) is 20.8 Å². The van der Waals surface area contributed by atoms with E-state index in [-0.39, 0.29) is 21.9 Å². The third-order valence-corrected chi connectivity index (χ3v) is 6.58. The molecule has 1 aromatic carbocycles. The minimum absolute atomic E-state index is 0.0915. The molecule has 1 aromatic rings. The Morgan fingerprint density at radius 1 is 1.24 bits per heavy atom. The van der Waals surface area contributed by atoms with Gasteiger partial charge < -0.3 is 5.32 Å². The van der Waals surface area contributed by atoms with Crippen LogP contribution < -0.4 is 5.32 Å². The van der Waals surface area contributed by atoms with E-state index in [4.69, 9.17) is 23.2 Å². The van der Waals surface area contributed by atoms with Crippen molar-refractivity contribution in [1.82, 2.24) is 9.62 Å². The summed E-state index contributed by atoms with van der Waals surface area (Å²) in [6, 6.07) is 2.90. The maximum absolute atomic E-state index is 12.7. The third-order valence-electron chi connectivity index (χ3n) is 3.70. The van der Waals surface area contributed by atoms with Crippen LogP contribution in [0, 0.1) is 5.92 Å². The van der Waals surface area contributed by atoms with Gasteiger partial charge >= 0.3 is 0 Å². The quantitative estimate of drug-likeness (QED) is 0.853. The lowest BCUT2D eigenvalue weighted by molar-refractivity contribution is 0.316. The van der Waals surface area contributed by atoms with E-state index < -0.39 is 10.0 Å². The van der Waals surface area contributed by atoms with Gasteiger partial charge in [-0.2, -0.15) is 4.31 Å². The van der Waals surface area contributed by atoms with Crippen LogP contribution in [0.1, 0.15) is 26.3 Å². The second kappa shape index (κ2) is 7.29. The minimum Gasteiger partial charge on any atom is -0.316 e. The number of nitrogens with one attached hydrogen (secondary N) is 1. The monoisotopic (exact) mass is 352 g/mol. The highest BCUT2D eigenvalue weighted by Crippen LogP contribution is 2.33. The Kier molecular flexibility index (Phi) is 6.50. The van der Waals surface area contributed by atoms with Crippen molar-refractivity contribution < 1.29 is 8.42 Å². The van der Waals surface area contributed by atoms with Gasteiger partial charge in [0.2, 0.25) is 10.0 Å². The maximum atomic E-state index is 12.7. The van der Waals surface area contributed by atoms with Gasteiger partial charge in [-0.15, -0.1) is 0 Å². The largest absolute Gasteiger partial charge is 0.316 e. The molecule has 1 N–H and O–H groups in total. The zero-order chi connectivity index (χ0) is 16.4. The minimum atomic E-state index is -3.66. The smallest absolute Gasteiger partial charge is 0.244 e. The lowest BCUT2D eigenvalue weighted by atomic mass is 10.1. The van der Waals surface area contributed by atoms with Gasteiger partial charge in [0.25, 0.3) is 0 Å². The Morgan fingerprint density at radius 2 is 1.81 bits per heavy atom. The second-order valence-electron chi connectivity index (χ2n) is 5.37. The number of benzene rings is 1. The van der Waals surface area contributed by atoms with Gasteiger partial charge in [-0.3, -0.25) is 0 Å². The van der Waals surface area contributed by atoms with E-state index in [1.165, 1.54) is 10.4 Å². The van der Waals surface area contributed by atoms with Crippen molar-refractivity contribution in [2.45, 2.75) is 38.3 Å². The summed E-state index contributed by atoms with van der Waals surface area (Å²) in [5.74, 6) is 0.202. The lowest BCUT2D eigenvalue weighted by Gasteiger charge is -2.28. The molecular formula is C14H22Cl2N2O2S. The van der Waals surface area contributed by atoms with Crippen LogP contribution in [-0.4, -0.2) is 32.9 Å². The Hall–Kier alpha value is -0.330. The molecule has 1 unspecified atom stereocenters. The van der Waals surface area contributed by atoms with Crippen molar-refractivity contribution in [3.8, 4) is 0 Å². The van der Waals surface area contributed by atoms with Crippen LogP contribution in [0.2, 0.25) is 10.0 Å². The molecule has 0 aliphatic heterocycles. The molecule has 21 heavy (non-hydrogen) atoms. The van der Waals surface area contributed by atoms with Crippen LogP contribution >= 0.6 is 23.2 Å². The Bertz CT molecular complexity index is 603. The van der Waals surface area contributed by atoms with Crippen LogP contribution in [-0.2, 0) is 16.6 Å². The first-order chi connectivity index (χ1) is 9.64. The molecule has 0 aromatic heterocycles. The number of hydrogen-bond donors (Lipinski definition) is 1. The van der Waals surface area contributed by atoms with Crippen LogP contribution in [0.15, 0.2) is 17.0 Å². The van der Waals surface area contributed by atoms with E-state index in [0.29, 0.717) is 17.1 Å². The summed E-state index contributed by atoms with van der Waals surface area (Å²) in [6.07, 6.45) is 0. The van der Waals surface area contributed by atoms with Gasteiger partial charge in [0, 0.05) is 30.2 Å². The van der Waals surface area contributed by atoms with Crippen LogP contribution in [0.4, 0.5) is 0 Å². The number of halogens is 2. The topological polar surface area (TPSA) is 49.4 Å². The van der Waals surface area contributed by atoms with Gasteiger partial charge in [-0.25, -0.2) is 8.42 Å². The molecular weight excluding hydrogens is 331 g/mol. The molecule has 0 fully saturated rings. The Balaban J connectivity index is 3.36. The van der Waals surface area contributed by atoms with Crippen LogP contribution in [0.25, 0.3) is 0 Å². The fourth-order valence-corrected chi connectivity index (χ4v) is 4.29. The molecule has 120 valence electrons. The molecule has 7 heteroatoms. The maximum Gasteiger partial charge on any atom is 0.244 e. The van der Waals surface area contributed by atoms with Crippen molar-refractivity contribution >= 4 is 33.2 Å². The summed E-state index contributed by atoms with van der Waals surface area (Å²) in [4.78, 5) is 0.0915. The van der Waals surface area contributed by atoms with E-state index in [9.17, 15) is 8.42 Å². The summed E-state index contributed by atoms with van der Waals surface area (Å²) >= 11 is 12.4. The lowest BCUT2D eigenvalue weighted by Crippen LogP contribution is -2.38. The predicted octanol–water partition coefficient (Wildman–Crippen LogP) is 3.38. The summed E-state index contributed by atoms with van der Waals surface area (Å²) < 4.78 is 26.8. The fraction of sp³-hybridized carbons (Fsp3) is 0.571. The molecule has 0 saturated carbocycles. The van der Waals surface area contributed by atoms with E-state index in [1.54, 1.807) is 20.2 Å². The molecule has 0 spiro atoms. The highest BCUT2D eigenvalue weighted by molar-refractivity contribution is 7.89. The first-order valence-corrected chi connectivity index (χ1v) is 8.93. The molecule has 4 nitrogen and oxygen atoms in total. The number of sulfonamides is 1. The highest BCUT2D eigenvalue weighted by Gasteiger charge is 2.30. The first kappa shape index (κ1) is 18.7. The average Bonchev–Trinajstić information content (AvgIpc) is 2.41. The molecule has 1 rings (SSSR count). The average molecular weight is 353 g/mol. The molecule has 0 heterocycles. The summed E-state index contributed by atoms with van der Waals surface area (Å²) in [5.41, 5.74) is 0.590. The Labute approximate surface area is 137 Å². The summed E-state index contributed by atoms with van der Waals surface area (Å²) in [5, 5.41) is 3.57. The molecule has 0 radical (unpaired) electrons. The van der Waals surface area contributed by atoms with Crippen molar-refractivity contribution in [1.29, 1.82) is 0 Å². The molecule has 0 aliphatic rings. The molecule has 0 amide bonds. The zero-order valence-corrected chi connectivity index (χ0v) is 15.3. The van der Waals surface area contributed by atoms with Crippen molar-refractivity contribution in [3.63, 3.8) is 0 Å². The van der Waals surface area contributed by atoms with Gasteiger partial charge in [0.1, 0.15) is 4.90 Å². The molecule has 0 aliphatic carbocycles. The fourth-order valence-electron chi connectivity index (χ4n) is 1.91. The standard InChI is InChI=1S/C14H22Cl2N2O2S/c1-9(2)10(3)18(5)21(19,20)13-7-6-12(15)11(8-17-4)14(13)16/h6-7,9-10,17H,8H2,1-5H3. The number of hydrogen-bond acceptors (Lipinski definition) is 3. The van der Waals surface area contributed by atoms with Gasteiger partial charge in [0.05, 0.1) is 5.02 Å². The van der Waals surface area contributed by atoms with Crippen molar-refractivity contribution in [2.24, 2.45) is 5.92 Å². The summed E-state index contributed by atoms with van der Waals surface area (Å²) in [6.45, 7) is 6.24. The van der Waals surface area contributed by atoms with E-state index in [2.05, 4.69) is 5.32 Å². The van der Waals surface area contributed by atoms with Crippen molar-refractivity contribution in [3.05, 3.63) is 27.7 Å². The SMILES string of the molecule is CNCc1c(Cl)ccc(S(=O)(=O)N(C)C(C)C(C)C)c1Cl. The van der Waals surface area contributed by atoms with Crippen LogP contribution in [0.5, 0.6) is 0 Å². The first-order valence-electron chi connectivity index (χ1n) is 6.74. The van der Waals surface area contributed by atoms with Gasteiger partial charge in [0.15, 0.2) is 0 Å². The normalized spacial score (nSPS) is 14.0. The second-order valence-corrected chi connectivity index (χ2v) is 8.13. The zero-order valence-electron chi connectivity index (χ0n) is 12.9. The molecule has 0 saturated heterocycles. The molecule has 1 atom stereocenters. The number of rotatable bonds is 6. The van der Waals surface area contributed by atoms with Crippen LogP contribution in [0.3, 0.4) is 0 Å². The third kappa shape index (κ3) is 3.90. The predicted molar refractivity (Wildman–Crippen MR) is 88.5 cm³/mol. The van der Waals surface area contributed by atoms with Gasteiger partial charge in [-0.05, 0) is 32.0 Å². The van der Waals surface area contributed by atoms with E-state index in [0.717, 1.165) is 0 Å². The van der Waals surface area contributed by atoms with Crippen molar-refractivity contribution in [2.75, 3.05) is 14.1 Å². The van der Waals surface area contributed by atoms with E-state index >= 15 is 0 Å². The number of nitrogens with zero attached hydrogens (tertiary/aromatic N) is 1. The van der Waals surface area contributed by atoms with Gasteiger partial charge in [-0.1, -0.05) is 37.0 Å².